The number of alkyl carbamates (subject to hydrolysis) is 1. The first-order valence-corrected chi connectivity index (χ1v) is 16.5. The lowest BCUT2D eigenvalue weighted by atomic mass is 9.92. The Bertz CT molecular complexity index is 1490. The predicted octanol–water partition coefficient (Wildman–Crippen LogP) is 5.63. The van der Waals surface area contributed by atoms with Crippen molar-refractivity contribution in [2.75, 3.05) is 20.3 Å². The number of amides is 3. The third kappa shape index (κ3) is 10.7. The second kappa shape index (κ2) is 17.5. The maximum Gasteiger partial charge on any atom is 0.407 e. The number of carbonyl (C=O) groups excluding carboxylic acids is 4. The van der Waals surface area contributed by atoms with E-state index < -0.39 is 35.7 Å². The lowest BCUT2D eigenvalue weighted by Gasteiger charge is -2.26. The molecule has 3 N–H and O–H groups in total. The van der Waals surface area contributed by atoms with Crippen LogP contribution in [0, 0.1) is 0 Å². The van der Waals surface area contributed by atoms with Gasteiger partial charge in [-0.3, -0.25) is 9.59 Å². The molecule has 10 heteroatoms. The molecular formula is C38H47N3O7. The van der Waals surface area contributed by atoms with E-state index in [-0.39, 0.29) is 37.9 Å². The van der Waals surface area contributed by atoms with Crippen LogP contribution in [0.3, 0.4) is 0 Å². The summed E-state index contributed by atoms with van der Waals surface area (Å²) in [5.41, 5.74) is 5.08. The van der Waals surface area contributed by atoms with Crippen LogP contribution in [-0.4, -0.2) is 61.8 Å². The first-order valence-electron chi connectivity index (χ1n) is 16.5. The summed E-state index contributed by atoms with van der Waals surface area (Å²) in [6.45, 7) is 6.02. The van der Waals surface area contributed by atoms with Crippen molar-refractivity contribution in [2.24, 2.45) is 0 Å². The average molecular weight is 658 g/mol. The molecular weight excluding hydrogens is 610 g/mol. The van der Waals surface area contributed by atoms with Crippen LogP contribution in [-0.2, 0) is 35.2 Å². The monoisotopic (exact) mass is 657 g/mol. The number of benzene rings is 3. The number of nitrogens with one attached hydrogen (secondary N) is 3. The third-order valence-electron chi connectivity index (χ3n) is 8.16. The van der Waals surface area contributed by atoms with E-state index in [0.29, 0.717) is 25.8 Å². The Kier molecular flexibility index (Phi) is 13.1. The van der Waals surface area contributed by atoms with Crippen LogP contribution in [0.5, 0.6) is 0 Å². The highest BCUT2D eigenvalue weighted by molar-refractivity contribution is 5.91. The molecule has 3 aromatic carbocycles. The summed E-state index contributed by atoms with van der Waals surface area (Å²) in [4.78, 5) is 51.4. The molecule has 256 valence electrons. The second-order valence-corrected chi connectivity index (χ2v) is 12.9. The molecule has 48 heavy (non-hydrogen) atoms. The summed E-state index contributed by atoms with van der Waals surface area (Å²) in [6, 6.07) is 23.9. The summed E-state index contributed by atoms with van der Waals surface area (Å²) < 4.78 is 16.1. The molecule has 3 amide bonds. The molecule has 0 radical (unpaired) electrons. The van der Waals surface area contributed by atoms with E-state index >= 15 is 0 Å². The Balaban J connectivity index is 1.29. The molecule has 0 saturated carbocycles. The zero-order chi connectivity index (χ0) is 34.5. The van der Waals surface area contributed by atoms with Gasteiger partial charge in [-0.15, -0.1) is 0 Å². The van der Waals surface area contributed by atoms with Crippen molar-refractivity contribution < 1.29 is 33.4 Å². The summed E-state index contributed by atoms with van der Waals surface area (Å²) >= 11 is 0. The Morgan fingerprint density at radius 3 is 2.04 bits per heavy atom. The number of hydrogen-bond acceptors (Lipinski definition) is 7. The van der Waals surface area contributed by atoms with Gasteiger partial charge < -0.3 is 30.2 Å². The van der Waals surface area contributed by atoms with E-state index in [4.69, 9.17) is 14.2 Å². The zero-order valence-corrected chi connectivity index (χ0v) is 28.3. The molecule has 0 spiro atoms. The van der Waals surface area contributed by atoms with Gasteiger partial charge in [0, 0.05) is 18.9 Å². The van der Waals surface area contributed by atoms with Gasteiger partial charge in [0.05, 0.1) is 19.3 Å². The van der Waals surface area contributed by atoms with Crippen LogP contribution >= 0.6 is 0 Å². The van der Waals surface area contributed by atoms with Crippen molar-refractivity contribution in [2.45, 2.75) is 83.1 Å². The van der Waals surface area contributed by atoms with Crippen LogP contribution in [0.2, 0.25) is 0 Å². The first kappa shape index (κ1) is 36.1. The molecule has 10 nitrogen and oxygen atoms in total. The summed E-state index contributed by atoms with van der Waals surface area (Å²) in [5.74, 6) is -1.35. The Morgan fingerprint density at radius 2 is 1.42 bits per heavy atom. The molecule has 1 aliphatic rings. The first-order chi connectivity index (χ1) is 23.1. The minimum atomic E-state index is -1.02. The van der Waals surface area contributed by atoms with Crippen molar-refractivity contribution in [3.8, 4) is 11.1 Å². The van der Waals surface area contributed by atoms with Gasteiger partial charge in [0.2, 0.25) is 11.8 Å². The van der Waals surface area contributed by atoms with Crippen molar-refractivity contribution in [1.29, 1.82) is 0 Å². The molecule has 4 rings (SSSR count). The highest BCUT2D eigenvalue weighted by atomic mass is 16.5. The number of fused-ring (bicyclic) bond motifs is 3. The van der Waals surface area contributed by atoms with E-state index in [1.165, 1.54) is 29.4 Å². The van der Waals surface area contributed by atoms with Crippen LogP contribution in [0.4, 0.5) is 4.79 Å². The topological polar surface area (TPSA) is 132 Å². The number of methoxy groups -OCH3 is 1. The lowest BCUT2D eigenvalue weighted by Crippen LogP contribution is -2.54. The number of hydrogen-bond donors (Lipinski definition) is 3. The fourth-order valence-corrected chi connectivity index (χ4v) is 5.73. The SMILES string of the molecule is COC(=O)C(CCCCNC(=O)OCc1ccccc1)NC(=O)C(COC(C)(C)C)NC(=O)CCC1c2ccccc2-c2ccccc21. The van der Waals surface area contributed by atoms with E-state index in [9.17, 15) is 19.2 Å². The summed E-state index contributed by atoms with van der Waals surface area (Å²) in [6.07, 6.45) is 1.58. The van der Waals surface area contributed by atoms with E-state index in [1.807, 2.05) is 75.4 Å². The largest absolute Gasteiger partial charge is 0.467 e. The third-order valence-corrected chi connectivity index (χ3v) is 8.16. The molecule has 0 saturated heterocycles. The van der Waals surface area contributed by atoms with Gasteiger partial charge in [-0.2, -0.15) is 0 Å². The van der Waals surface area contributed by atoms with Crippen LogP contribution in [0.1, 0.15) is 75.5 Å². The second-order valence-electron chi connectivity index (χ2n) is 12.9. The molecule has 0 heterocycles. The van der Waals surface area contributed by atoms with Crippen molar-refractivity contribution >= 4 is 23.9 Å². The average Bonchev–Trinajstić information content (AvgIpc) is 3.40. The quantitative estimate of drug-likeness (QED) is 0.134. The van der Waals surface area contributed by atoms with Gasteiger partial charge in [-0.1, -0.05) is 78.9 Å². The molecule has 2 unspecified atom stereocenters. The van der Waals surface area contributed by atoms with Gasteiger partial charge in [0.1, 0.15) is 18.7 Å². The van der Waals surface area contributed by atoms with Crippen molar-refractivity contribution in [3.63, 3.8) is 0 Å². The molecule has 2 atom stereocenters. The fraction of sp³-hybridized carbons (Fsp3) is 0.421. The highest BCUT2D eigenvalue weighted by Gasteiger charge is 2.31. The molecule has 3 aromatic rings. The fourth-order valence-electron chi connectivity index (χ4n) is 5.73. The van der Waals surface area contributed by atoms with E-state index in [0.717, 1.165) is 5.56 Å². The lowest BCUT2D eigenvalue weighted by molar-refractivity contribution is -0.146. The number of ether oxygens (including phenoxy) is 3. The number of esters is 1. The van der Waals surface area contributed by atoms with Gasteiger partial charge >= 0.3 is 12.1 Å². The molecule has 1 aliphatic carbocycles. The van der Waals surface area contributed by atoms with Crippen molar-refractivity contribution in [3.05, 3.63) is 95.6 Å². The van der Waals surface area contributed by atoms with E-state index in [2.05, 4.69) is 40.2 Å². The molecule has 0 aromatic heterocycles. The Labute approximate surface area is 282 Å². The minimum Gasteiger partial charge on any atom is -0.467 e. The number of rotatable bonds is 16. The Hall–Kier alpha value is -4.70. The molecule has 0 bridgehead atoms. The minimum absolute atomic E-state index is 0.0704. The van der Waals surface area contributed by atoms with Crippen molar-refractivity contribution in [1.82, 2.24) is 16.0 Å². The highest BCUT2D eigenvalue weighted by Crippen LogP contribution is 2.46. The zero-order valence-electron chi connectivity index (χ0n) is 28.3. The predicted molar refractivity (Wildman–Crippen MR) is 183 cm³/mol. The van der Waals surface area contributed by atoms with Gasteiger partial charge in [-0.25, -0.2) is 9.59 Å². The summed E-state index contributed by atoms with van der Waals surface area (Å²) in [7, 11) is 1.26. The van der Waals surface area contributed by atoms with Crippen LogP contribution in [0.25, 0.3) is 11.1 Å². The van der Waals surface area contributed by atoms with Gasteiger partial charge in [0.15, 0.2) is 0 Å². The van der Waals surface area contributed by atoms with Gasteiger partial charge in [0.25, 0.3) is 0 Å². The maximum atomic E-state index is 13.5. The number of unbranched alkanes of at least 4 members (excludes halogenated alkanes) is 1. The molecule has 0 fully saturated rings. The summed E-state index contributed by atoms with van der Waals surface area (Å²) in [5, 5.41) is 8.29. The standard InChI is InChI=1S/C38H47N3O7/c1-38(2,3)48-25-33(40-34(42)22-21-31-29-18-10-8-16-27(29)28-17-9-11-19-30(28)31)35(43)41-32(36(44)46-4)20-12-13-23-39-37(45)47-24-26-14-6-5-7-15-26/h5-11,14-19,31-33H,12-13,20-25H2,1-4H3,(H,39,45)(H,40,42)(H,41,43). The normalized spacial score (nSPS) is 13.4. The maximum absolute atomic E-state index is 13.5. The van der Waals surface area contributed by atoms with Crippen LogP contribution in [0.15, 0.2) is 78.9 Å². The Morgan fingerprint density at radius 1 is 0.792 bits per heavy atom. The molecule has 0 aliphatic heterocycles. The van der Waals surface area contributed by atoms with Crippen LogP contribution < -0.4 is 16.0 Å². The number of carbonyl (C=O) groups is 4. The smallest absolute Gasteiger partial charge is 0.407 e. The van der Waals surface area contributed by atoms with Gasteiger partial charge in [-0.05, 0) is 74.3 Å². The van der Waals surface area contributed by atoms with E-state index in [1.54, 1.807) is 0 Å².